The smallest absolute Gasteiger partial charge is 0.295 e. The zero-order valence-corrected chi connectivity index (χ0v) is 30.5. The number of rotatable bonds is 6. The van der Waals surface area contributed by atoms with E-state index in [9.17, 15) is 4.79 Å². The van der Waals surface area contributed by atoms with Gasteiger partial charge in [0.2, 0.25) is 0 Å². The first-order valence-corrected chi connectivity index (χ1v) is 18.6. The number of nitrogens with zero attached hydrogens (tertiary/aromatic N) is 4. The van der Waals surface area contributed by atoms with Gasteiger partial charge in [0.1, 0.15) is 0 Å². The summed E-state index contributed by atoms with van der Waals surface area (Å²) in [5.41, 5.74) is 15.2. The molecule has 262 valence electrons. The second-order valence-electron chi connectivity index (χ2n) is 14.3. The summed E-state index contributed by atoms with van der Waals surface area (Å²) in [6.07, 6.45) is 0. The standard InChI is InChI=1S/C50H36N4O/c1-53-45-29-27-35(31-46(45)54(2)49(53)55)39-24-15-25-41-47(39)40-28-26-36(30-42(40)50(41,37-20-11-5-12-21-37)38-22-13-6-14-23-38)44-32-43(33-16-7-3-8-17-33)51-48(52-44)34-18-9-4-10-19-34/h3-32H,1-2H3. The lowest BCUT2D eigenvalue weighted by Gasteiger charge is -2.34. The number of fused-ring (bicyclic) bond motifs is 4. The van der Waals surface area contributed by atoms with E-state index >= 15 is 0 Å². The van der Waals surface area contributed by atoms with Crippen molar-refractivity contribution in [3.05, 3.63) is 215 Å². The van der Waals surface area contributed by atoms with Crippen molar-refractivity contribution in [2.75, 3.05) is 0 Å². The molecule has 7 aromatic carbocycles. The first-order chi connectivity index (χ1) is 27.0. The van der Waals surface area contributed by atoms with E-state index in [0.717, 1.165) is 50.2 Å². The minimum Gasteiger partial charge on any atom is -0.295 e. The SMILES string of the molecule is Cn1c(=O)n(C)c2cc(-c3cccc4c3-c3ccc(-c5cc(-c6ccccc6)nc(-c6ccccc6)n5)cc3C4(c3ccccc3)c3ccccc3)ccc21. The summed E-state index contributed by atoms with van der Waals surface area (Å²) in [5.74, 6) is 0.686. The van der Waals surface area contributed by atoms with E-state index in [2.05, 4.69) is 146 Å². The van der Waals surface area contributed by atoms with Crippen LogP contribution in [0.2, 0.25) is 0 Å². The Morgan fingerprint density at radius 2 is 1.00 bits per heavy atom. The molecule has 0 saturated carbocycles. The first kappa shape index (κ1) is 32.5. The molecule has 0 bridgehead atoms. The Bertz CT molecular complexity index is 2850. The van der Waals surface area contributed by atoms with Gasteiger partial charge in [0.05, 0.1) is 27.8 Å². The van der Waals surface area contributed by atoms with E-state index in [1.54, 1.807) is 9.13 Å². The van der Waals surface area contributed by atoms with E-state index in [1.807, 2.05) is 50.5 Å². The van der Waals surface area contributed by atoms with Crippen molar-refractivity contribution in [1.29, 1.82) is 0 Å². The average Bonchev–Trinajstić information content (AvgIpc) is 3.68. The highest BCUT2D eigenvalue weighted by molar-refractivity contribution is 5.98. The predicted octanol–water partition coefficient (Wildman–Crippen LogP) is 10.7. The highest BCUT2D eigenvalue weighted by Crippen LogP contribution is 2.59. The molecule has 0 atom stereocenters. The molecule has 55 heavy (non-hydrogen) atoms. The molecule has 0 radical (unpaired) electrons. The summed E-state index contributed by atoms with van der Waals surface area (Å²) >= 11 is 0. The summed E-state index contributed by atoms with van der Waals surface area (Å²) in [6.45, 7) is 0. The average molecular weight is 709 g/mol. The highest BCUT2D eigenvalue weighted by atomic mass is 16.1. The maximum absolute atomic E-state index is 13.0. The van der Waals surface area contributed by atoms with E-state index in [0.29, 0.717) is 5.82 Å². The molecule has 0 aliphatic heterocycles. The Morgan fingerprint density at radius 1 is 0.436 bits per heavy atom. The third-order valence-electron chi connectivity index (χ3n) is 11.3. The maximum atomic E-state index is 13.0. The van der Waals surface area contributed by atoms with Crippen molar-refractivity contribution in [3.63, 3.8) is 0 Å². The third-order valence-corrected chi connectivity index (χ3v) is 11.3. The summed E-state index contributed by atoms with van der Waals surface area (Å²) in [4.78, 5) is 23.3. The zero-order chi connectivity index (χ0) is 37.1. The van der Waals surface area contributed by atoms with Gasteiger partial charge in [-0.1, -0.05) is 158 Å². The lowest BCUT2D eigenvalue weighted by atomic mass is 9.67. The Morgan fingerprint density at radius 3 is 1.65 bits per heavy atom. The fourth-order valence-electron chi connectivity index (χ4n) is 8.68. The molecule has 2 aromatic heterocycles. The fraction of sp³-hybridized carbons (Fsp3) is 0.0600. The number of aryl methyl sites for hydroxylation is 2. The van der Waals surface area contributed by atoms with Crippen LogP contribution in [0.5, 0.6) is 0 Å². The van der Waals surface area contributed by atoms with Crippen LogP contribution >= 0.6 is 0 Å². The Labute approximate surface area is 319 Å². The highest BCUT2D eigenvalue weighted by Gasteiger charge is 2.47. The lowest BCUT2D eigenvalue weighted by molar-refractivity contribution is 0.769. The van der Waals surface area contributed by atoms with Crippen LogP contribution in [0.25, 0.3) is 67.2 Å². The fourth-order valence-corrected chi connectivity index (χ4v) is 8.68. The first-order valence-electron chi connectivity index (χ1n) is 18.6. The van der Waals surface area contributed by atoms with Crippen molar-refractivity contribution < 1.29 is 0 Å². The van der Waals surface area contributed by atoms with Crippen LogP contribution in [-0.4, -0.2) is 19.1 Å². The van der Waals surface area contributed by atoms with Crippen molar-refractivity contribution in [2.24, 2.45) is 14.1 Å². The number of benzene rings is 7. The quantitative estimate of drug-likeness (QED) is 0.173. The Kier molecular flexibility index (Phi) is 7.56. The van der Waals surface area contributed by atoms with Crippen LogP contribution in [0.15, 0.2) is 187 Å². The molecule has 9 aromatic rings. The van der Waals surface area contributed by atoms with Crippen molar-refractivity contribution in [1.82, 2.24) is 19.1 Å². The van der Waals surface area contributed by atoms with Crippen LogP contribution in [0.3, 0.4) is 0 Å². The molecule has 0 saturated heterocycles. The van der Waals surface area contributed by atoms with Crippen molar-refractivity contribution in [2.45, 2.75) is 5.41 Å². The molecule has 0 spiro atoms. The van der Waals surface area contributed by atoms with Gasteiger partial charge in [-0.05, 0) is 68.8 Å². The van der Waals surface area contributed by atoms with Crippen LogP contribution in [-0.2, 0) is 19.5 Å². The topological polar surface area (TPSA) is 52.7 Å². The monoisotopic (exact) mass is 708 g/mol. The van der Waals surface area contributed by atoms with Gasteiger partial charge in [0.15, 0.2) is 5.82 Å². The minimum absolute atomic E-state index is 0.0361. The van der Waals surface area contributed by atoms with E-state index < -0.39 is 5.41 Å². The normalized spacial score (nSPS) is 12.8. The summed E-state index contributed by atoms with van der Waals surface area (Å²) in [6, 6.07) is 64.3. The third kappa shape index (κ3) is 5.04. The molecular weight excluding hydrogens is 673 g/mol. The maximum Gasteiger partial charge on any atom is 0.328 e. The van der Waals surface area contributed by atoms with Crippen LogP contribution in [0, 0.1) is 0 Å². The molecule has 1 aliphatic carbocycles. The van der Waals surface area contributed by atoms with E-state index in [4.69, 9.17) is 9.97 Å². The second kappa shape index (κ2) is 12.8. The molecular formula is C50H36N4O. The summed E-state index contributed by atoms with van der Waals surface area (Å²) in [5, 5.41) is 0. The van der Waals surface area contributed by atoms with Gasteiger partial charge < -0.3 is 0 Å². The van der Waals surface area contributed by atoms with Crippen molar-refractivity contribution in [3.8, 4) is 56.2 Å². The Balaban J connectivity index is 1.27. The molecule has 10 rings (SSSR count). The van der Waals surface area contributed by atoms with Crippen LogP contribution < -0.4 is 5.69 Å². The number of imidazole rings is 1. The zero-order valence-electron chi connectivity index (χ0n) is 30.5. The molecule has 5 heteroatoms. The number of hydrogen-bond acceptors (Lipinski definition) is 3. The molecule has 2 heterocycles. The van der Waals surface area contributed by atoms with E-state index in [-0.39, 0.29) is 5.69 Å². The lowest BCUT2D eigenvalue weighted by Crippen LogP contribution is -2.28. The van der Waals surface area contributed by atoms with Gasteiger partial charge in [0, 0.05) is 30.8 Å². The van der Waals surface area contributed by atoms with E-state index in [1.165, 1.54) is 33.4 Å². The second-order valence-corrected chi connectivity index (χ2v) is 14.3. The minimum atomic E-state index is -0.625. The largest absolute Gasteiger partial charge is 0.328 e. The number of aromatic nitrogens is 4. The summed E-state index contributed by atoms with van der Waals surface area (Å²) < 4.78 is 3.44. The van der Waals surface area contributed by atoms with Crippen LogP contribution in [0.4, 0.5) is 0 Å². The summed E-state index contributed by atoms with van der Waals surface area (Å²) in [7, 11) is 3.67. The predicted molar refractivity (Wildman–Crippen MR) is 223 cm³/mol. The molecule has 0 amide bonds. The molecule has 1 aliphatic rings. The van der Waals surface area contributed by atoms with Gasteiger partial charge in [-0.3, -0.25) is 9.13 Å². The van der Waals surface area contributed by atoms with Gasteiger partial charge in [-0.2, -0.15) is 0 Å². The molecule has 5 nitrogen and oxygen atoms in total. The van der Waals surface area contributed by atoms with Gasteiger partial charge >= 0.3 is 5.69 Å². The van der Waals surface area contributed by atoms with Gasteiger partial charge in [-0.15, -0.1) is 0 Å². The van der Waals surface area contributed by atoms with Gasteiger partial charge in [-0.25, -0.2) is 14.8 Å². The van der Waals surface area contributed by atoms with Gasteiger partial charge in [0.25, 0.3) is 0 Å². The molecule has 0 unspecified atom stereocenters. The number of hydrogen-bond donors (Lipinski definition) is 0. The Hall–Kier alpha value is -7.11. The van der Waals surface area contributed by atoms with Crippen molar-refractivity contribution >= 4 is 11.0 Å². The molecule has 0 N–H and O–H groups in total. The van der Waals surface area contributed by atoms with Crippen LogP contribution in [0.1, 0.15) is 22.3 Å². The molecule has 0 fully saturated rings.